The van der Waals surface area contributed by atoms with Gasteiger partial charge in [0.1, 0.15) is 73.2 Å². The standard InChI is InChI=1S/C80H133NO18/c1-3-5-7-9-11-13-15-17-19-21-23-25-27-28-29-30-31-32-33-34-36-38-40-42-44-46-48-50-52-54-56-58-68(86)81-63(64(85)57-55-53-51-49-47-45-43-41-39-37-35-26-24-22-20-18-16-14-12-10-8-6-4-2)62-94-78-74(92)71(89)76(66(60-83)96-78)99-80-75(93)72(90)77(67(61-84)97-80)98-79-73(91)70(88)69(87)65(59-82)95-79/h5,7,11,13,17,19,23,25,28-29,31-32,34,36,40,42,46-49,55,57,63-67,69-80,82-85,87-93H,3-4,6,8-10,12,14-16,18,20-22,24,26-27,30,33,35,37-39,41,43-45,50-54,56,58-62H2,1-2H3,(H,81,86)/b7-5-,13-11-,19-17-,25-23-,29-28-,32-31-,36-34-,42-40-,48-46-,49-47+,57-55+. The van der Waals surface area contributed by atoms with Gasteiger partial charge in [-0.2, -0.15) is 0 Å². The van der Waals surface area contributed by atoms with Crippen LogP contribution >= 0.6 is 0 Å². The number of unbranched alkanes of at least 4 members (excludes halogenated alkanes) is 21. The molecule has 17 atom stereocenters. The van der Waals surface area contributed by atoms with Gasteiger partial charge >= 0.3 is 0 Å². The second kappa shape index (κ2) is 59.3. The Morgan fingerprint density at radius 3 is 1.13 bits per heavy atom. The minimum atomic E-state index is -1.99. The van der Waals surface area contributed by atoms with Crippen molar-refractivity contribution < 1.29 is 89.4 Å². The maximum absolute atomic E-state index is 13.4. The lowest BCUT2D eigenvalue weighted by Gasteiger charge is -2.48. The quantitative estimate of drug-likeness (QED) is 0.0199. The number of carbonyl (C=O) groups excluding carboxylic acids is 1. The molecule has 3 rings (SSSR count). The van der Waals surface area contributed by atoms with Crippen LogP contribution in [0.3, 0.4) is 0 Å². The number of ether oxygens (including phenoxy) is 6. The minimum absolute atomic E-state index is 0.186. The Bertz CT molecular complexity index is 2310. The normalized spacial score (nSPS) is 27.4. The molecule has 0 aromatic carbocycles. The van der Waals surface area contributed by atoms with Gasteiger partial charge in [-0.15, -0.1) is 0 Å². The number of carbonyl (C=O) groups is 1. The number of amides is 1. The van der Waals surface area contributed by atoms with Gasteiger partial charge in [-0.05, 0) is 103 Å². The van der Waals surface area contributed by atoms with E-state index in [1.807, 2.05) is 6.08 Å². The maximum Gasteiger partial charge on any atom is 0.220 e. The predicted octanol–water partition coefficient (Wildman–Crippen LogP) is 11.7. The van der Waals surface area contributed by atoms with Crippen LogP contribution in [0.5, 0.6) is 0 Å². The van der Waals surface area contributed by atoms with Crippen molar-refractivity contribution in [2.45, 2.75) is 336 Å². The van der Waals surface area contributed by atoms with Gasteiger partial charge in [-0.3, -0.25) is 4.79 Å². The summed E-state index contributed by atoms with van der Waals surface area (Å²) in [7, 11) is 0. The summed E-state index contributed by atoms with van der Waals surface area (Å²) in [6.45, 7) is 1.57. The highest BCUT2D eigenvalue weighted by molar-refractivity contribution is 5.76. The van der Waals surface area contributed by atoms with Gasteiger partial charge in [0.25, 0.3) is 0 Å². The van der Waals surface area contributed by atoms with Crippen molar-refractivity contribution >= 4 is 5.91 Å². The highest BCUT2D eigenvalue weighted by Gasteiger charge is 2.53. The third kappa shape index (κ3) is 40.0. The Morgan fingerprint density at radius 2 is 0.707 bits per heavy atom. The third-order valence-corrected chi connectivity index (χ3v) is 17.9. The van der Waals surface area contributed by atoms with Crippen LogP contribution in [0, 0.1) is 0 Å². The van der Waals surface area contributed by atoms with E-state index in [2.05, 4.69) is 141 Å². The van der Waals surface area contributed by atoms with Crippen LogP contribution in [0.25, 0.3) is 0 Å². The lowest BCUT2D eigenvalue weighted by Crippen LogP contribution is -2.66. The Labute approximate surface area is 594 Å². The zero-order valence-electron chi connectivity index (χ0n) is 60.2. The van der Waals surface area contributed by atoms with E-state index in [-0.39, 0.29) is 18.9 Å². The highest BCUT2D eigenvalue weighted by Crippen LogP contribution is 2.33. The number of aliphatic hydroxyl groups excluding tert-OH is 11. The molecule has 566 valence electrons. The zero-order valence-corrected chi connectivity index (χ0v) is 60.2. The molecule has 3 aliphatic rings. The summed E-state index contributed by atoms with van der Waals surface area (Å²) < 4.78 is 34.4. The molecular weight excluding hydrogens is 1260 g/mol. The van der Waals surface area contributed by atoms with Crippen molar-refractivity contribution in [2.75, 3.05) is 26.4 Å². The summed E-state index contributed by atoms with van der Waals surface area (Å²) in [6.07, 6.45) is 57.1. The van der Waals surface area contributed by atoms with E-state index in [9.17, 15) is 61.0 Å². The lowest BCUT2D eigenvalue weighted by atomic mass is 9.96. The number of nitrogens with one attached hydrogen (secondary N) is 1. The van der Waals surface area contributed by atoms with Crippen LogP contribution in [0.4, 0.5) is 0 Å². The molecule has 12 N–H and O–H groups in total. The molecule has 0 aromatic heterocycles. The van der Waals surface area contributed by atoms with Gasteiger partial charge < -0.3 is 89.9 Å². The van der Waals surface area contributed by atoms with Gasteiger partial charge in [0, 0.05) is 6.42 Å². The lowest BCUT2D eigenvalue weighted by molar-refractivity contribution is -0.379. The van der Waals surface area contributed by atoms with Gasteiger partial charge in [-0.1, -0.05) is 257 Å². The molecule has 17 unspecified atom stereocenters. The van der Waals surface area contributed by atoms with E-state index in [1.165, 1.54) is 103 Å². The minimum Gasteiger partial charge on any atom is -0.394 e. The number of hydrogen-bond donors (Lipinski definition) is 12. The summed E-state index contributed by atoms with van der Waals surface area (Å²) in [5, 5.41) is 121. The molecule has 0 saturated carbocycles. The smallest absolute Gasteiger partial charge is 0.220 e. The molecular formula is C80H133NO18. The zero-order chi connectivity index (χ0) is 71.8. The molecule has 19 heteroatoms. The maximum atomic E-state index is 13.4. The molecule has 3 fully saturated rings. The van der Waals surface area contributed by atoms with E-state index in [0.29, 0.717) is 12.8 Å². The Kier molecular flexibility index (Phi) is 53.4. The van der Waals surface area contributed by atoms with Gasteiger partial charge in [0.05, 0.1) is 38.6 Å². The van der Waals surface area contributed by atoms with E-state index in [4.69, 9.17) is 28.4 Å². The summed E-state index contributed by atoms with van der Waals surface area (Å²) in [5.74, 6) is -0.322. The first-order valence-corrected chi connectivity index (χ1v) is 37.9. The van der Waals surface area contributed by atoms with Crippen molar-refractivity contribution in [2.24, 2.45) is 0 Å². The molecule has 3 heterocycles. The van der Waals surface area contributed by atoms with E-state index in [0.717, 1.165) is 96.3 Å². The van der Waals surface area contributed by atoms with Crippen LogP contribution in [-0.4, -0.2) is 193 Å². The third-order valence-electron chi connectivity index (χ3n) is 17.9. The van der Waals surface area contributed by atoms with Crippen molar-refractivity contribution in [1.82, 2.24) is 5.32 Å². The fourth-order valence-corrected chi connectivity index (χ4v) is 11.8. The first kappa shape index (κ1) is 89.1. The average molecular weight is 1400 g/mol. The van der Waals surface area contributed by atoms with E-state index in [1.54, 1.807) is 6.08 Å². The molecule has 0 radical (unpaired) electrons. The summed E-state index contributed by atoms with van der Waals surface area (Å²) >= 11 is 0. The molecule has 0 aromatic rings. The summed E-state index contributed by atoms with van der Waals surface area (Å²) in [4.78, 5) is 13.4. The van der Waals surface area contributed by atoms with Crippen molar-refractivity contribution in [3.8, 4) is 0 Å². The topological polar surface area (TPSA) is 307 Å². The van der Waals surface area contributed by atoms with Crippen molar-refractivity contribution in [1.29, 1.82) is 0 Å². The number of aliphatic hydroxyl groups is 11. The monoisotopic (exact) mass is 1400 g/mol. The van der Waals surface area contributed by atoms with Gasteiger partial charge in [0.2, 0.25) is 5.91 Å². The second-order valence-corrected chi connectivity index (χ2v) is 26.4. The molecule has 3 saturated heterocycles. The Hall–Kier alpha value is -4.07. The molecule has 0 bridgehead atoms. The molecule has 19 nitrogen and oxygen atoms in total. The molecule has 1 amide bonds. The predicted molar refractivity (Wildman–Crippen MR) is 392 cm³/mol. The first-order valence-electron chi connectivity index (χ1n) is 37.9. The fraction of sp³-hybridized carbons (Fsp3) is 0.713. The van der Waals surface area contributed by atoms with E-state index < -0.39 is 124 Å². The van der Waals surface area contributed by atoms with Crippen LogP contribution < -0.4 is 5.32 Å². The summed E-state index contributed by atoms with van der Waals surface area (Å²) in [6, 6.07) is -1.02. The Balaban J connectivity index is 1.44. The average Bonchev–Trinajstić information content (AvgIpc) is 0.577. The summed E-state index contributed by atoms with van der Waals surface area (Å²) in [5.41, 5.74) is 0. The molecule has 0 aliphatic carbocycles. The van der Waals surface area contributed by atoms with Gasteiger partial charge in [0.15, 0.2) is 18.9 Å². The largest absolute Gasteiger partial charge is 0.394 e. The number of rotatable bonds is 57. The molecule has 3 aliphatic heterocycles. The van der Waals surface area contributed by atoms with Crippen LogP contribution in [0.15, 0.2) is 134 Å². The fourth-order valence-electron chi connectivity index (χ4n) is 11.8. The highest BCUT2D eigenvalue weighted by atomic mass is 16.8. The van der Waals surface area contributed by atoms with Crippen molar-refractivity contribution in [3.05, 3.63) is 134 Å². The van der Waals surface area contributed by atoms with Crippen LogP contribution in [0.1, 0.15) is 232 Å². The van der Waals surface area contributed by atoms with Crippen LogP contribution in [0.2, 0.25) is 0 Å². The van der Waals surface area contributed by atoms with Crippen molar-refractivity contribution in [3.63, 3.8) is 0 Å². The SMILES string of the molecule is CC/C=C\C/C=C\C/C=C\C/C=C\C/C=C\C/C=C\C/C=C\C/C=C\C/C=C\CCCCCC(=O)NC(COC1OC(CO)C(OC2OC(CO)C(OC3OC(CO)C(O)C(O)C3O)C(O)C2O)C(O)C1O)C(O)/C=C/CC/C=C/CCCCCCCCCCCCCCCCCCC. The second-order valence-electron chi connectivity index (χ2n) is 26.4. The molecule has 0 spiro atoms. The number of hydrogen-bond acceptors (Lipinski definition) is 18. The number of allylic oxidation sites excluding steroid dienone is 21. The molecule has 99 heavy (non-hydrogen) atoms. The van der Waals surface area contributed by atoms with Gasteiger partial charge in [-0.25, -0.2) is 0 Å². The van der Waals surface area contributed by atoms with Crippen LogP contribution in [-0.2, 0) is 33.2 Å². The first-order chi connectivity index (χ1) is 48.3. The van der Waals surface area contributed by atoms with E-state index >= 15 is 0 Å². The Morgan fingerprint density at radius 1 is 0.374 bits per heavy atom.